The minimum atomic E-state index is -0.883. The van der Waals surface area contributed by atoms with Crippen molar-refractivity contribution in [3.63, 3.8) is 0 Å². The van der Waals surface area contributed by atoms with E-state index in [-0.39, 0.29) is 6.04 Å². The lowest BCUT2D eigenvalue weighted by molar-refractivity contribution is 0.0263. The molecule has 0 spiro atoms. The first-order valence-electron chi connectivity index (χ1n) is 6.85. The maximum absolute atomic E-state index is 13.3. The fourth-order valence-corrected chi connectivity index (χ4v) is 1.98. The van der Waals surface area contributed by atoms with Gasteiger partial charge >= 0.3 is 0 Å². The number of aliphatic hydroxyl groups is 1. The summed E-state index contributed by atoms with van der Waals surface area (Å²) < 4.78 is 31.4. The van der Waals surface area contributed by atoms with Crippen LogP contribution in [0.4, 0.5) is 8.78 Å². The molecule has 1 atom stereocenters. The summed E-state index contributed by atoms with van der Waals surface area (Å²) >= 11 is 0. The molecule has 0 heterocycles. The largest absolute Gasteiger partial charge is 0.389 e. The number of benzene rings is 1. The van der Waals surface area contributed by atoms with Gasteiger partial charge in [-0.2, -0.15) is 0 Å². The molecule has 0 saturated carbocycles. The second kappa shape index (κ2) is 7.67. The van der Waals surface area contributed by atoms with Gasteiger partial charge in [0.2, 0.25) is 0 Å². The van der Waals surface area contributed by atoms with Crippen LogP contribution in [0.2, 0.25) is 0 Å². The highest BCUT2D eigenvalue weighted by atomic mass is 19.2. The Kier molecular flexibility index (Phi) is 6.52. The van der Waals surface area contributed by atoms with Crippen molar-refractivity contribution in [2.24, 2.45) is 0 Å². The van der Waals surface area contributed by atoms with Gasteiger partial charge in [-0.05, 0) is 30.5 Å². The van der Waals surface area contributed by atoms with Crippen molar-refractivity contribution < 1.29 is 18.6 Å². The van der Waals surface area contributed by atoms with E-state index in [1.165, 1.54) is 6.07 Å². The molecule has 114 valence electrons. The van der Waals surface area contributed by atoms with Gasteiger partial charge in [-0.3, -0.25) is 0 Å². The first-order valence-corrected chi connectivity index (χ1v) is 6.85. The monoisotopic (exact) mass is 287 g/mol. The quantitative estimate of drug-likeness (QED) is 0.772. The Labute approximate surface area is 119 Å². The molecule has 0 radical (unpaired) electrons. The van der Waals surface area contributed by atoms with Crippen molar-refractivity contribution in [2.75, 3.05) is 20.3 Å². The van der Waals surface area contributed by atoms with Crippen molar-refractivity contribution in [1.29, 1.82) is 0 Å². The zero-order valence-electron chi connectivity index (χ0n) is 12.2. The Hall–Kier alpha value is -1.04. The molecule has 0 amide bonds. The Bertz CT molecular complexity index is 422. The SMILES string of the molecule is CCC(O)(CC)CNC(COC)c1ccc(F)c(F)c1. The number of nitrogens with one attached hydrogen (secondary N) is 1. The minimum Gasteiger partial charge on any atom is -0.389 e. The molecule has 3 nitrogen and oxygen atoms in total. The fourth-order valence-electron chi connectivity index (χ4n) is 1.98. The minimum absolute atomic E-state index is 0.292. The molecular formula is C15H23F2NO2. The molecule has 2 N–H and O–H groups in total. The van der Waals surface area contributed by atoms with E-state index in [0.29, 0.717) is 31.6 Å². The zero-order chi connectivity index (χ0) is 15.2. The van der Waals surface area contributed by atoms with Crippen molar-refractivity contribution in [3.8, 4) is 0 Å². The summed E-state index contributed by atoms with van der Waals surface area (Å²) in [6, 6.07) is 3.48. The predicted octanol–water partition coefficient (Wildman–Crippen LogP) is 2.79. The van der Waals surface area contributed by atoms with Crippen LogP contribution in [0.3, 0.4) is 0 Å². The van der Waals surface area contributed by atoms with E-state index in [9.17, 15) is 13.9 Å². The van der Waals surface area contributed by atoms with Crippen molar-refractivity contribution in [2.45, 2.75) is 38.3 Å². The van der Waals surface area contributed by atoms with Gasteiger partial charge in [0, 0.05) is 13.7 Å². The molecule has 20 heavy (non-hydrogen) atoms. The first-order chi connectivity index (χ1) is 9.45. The van der Waals surface area contributed by atoms with Gasteiger partial charge in [0.1, 0.15) is 0 Å². The predicted molar refractivity (Wildman–Crippen MR) is 74.5 cm³/mol. The topological polar surface area (TPSA) is 41.5 Å². The standard InChI is InChI=1S/C15H23F2NO2/c1-4-15(19,5-2)10-18-14(9-20-3)11-6-7-12(16)13(17)8-11/h6-8,14,18-19H,4-5,9-10H2,1-3H3. The fraction of sp³-hybridized carbons (Fsp3) is 0.600. The van der Waals surface area contributed by atoms with E-state index < -0.39 is 17.2 Å². The summed E-state index contributed by atoms with van der Waals surface area (Å²) in [7, 11) is 1.54. The van der Waals surface area contributed by atoms with Gasteiger partial charge in [0.25, 0.3) is 0 Å². The third kappa shape index (κ3) is 4.51. The van der Waals surface area contributed by atoms with Crippen LogP contribution in [0.15, 0.2) is 18.2 Å². The molecule has 0 aliphatic heterocycles. The lowest BCUT2D eigenvalue weighted by Gasteiger charge is -2.29. The average Bonchev–Trinajstić information content (AvgIpc) is 2.46. The van der Waals surface area contributed by atoms with Gasteiger partial charge in [0.05, 0.1) is 18.2 Å². The second-order valence-corrected chi connectivity index (χ2v) is 4.99. The van der Waals surface area contributed by atoms with Crippen LogP contribution in [0.1, 0.15) is 38.3 Å². The van der Waals surface area contributed by atoms with Gasteiger partial charge in [0.15, 0.2) is 11.6 Å². The van der Waals surface area contributed by atoms with E-state index >= 15 is 0 Å². The van der Waals surface area contributed by atoms with E-state index in [0.717, 1.165) is 12.1 Å². The van der Waals surface area contributed by atoms with Crippen LogP contribution in [0.5, 0.6) is 0 Å². The summed E-state index contributed by atoms with van der Waals surface area (Å²) in [5, 5.41) is 13.4. The highest BCUT2D eigenvalue weighted by molar-refractivity contribution is 5.21. The Morgan fingerprint density at radius 2 is 1.90 bits per heavy atom. The molecule has 0 aliphatic rings. The number of ether oxygens (including phenoxy) is 1. The molecule has 0 aromatic heterocycles. The molecule has 0 aliphatic carbocycles. The molecular weight excluding hydrogens is 264 g/mol. The number of methoxy groups -OCH3 is 1. The van der Waals surface area contributed by atoms with Crippen LogP contribution >= 0.6 is 0 Å². The lowest BCUT2D eigenvalue weighted by atomic mass is 9.96. The van der Waals surface area contributed by atoms with Crippen LogP contribution in [-0.2, 0) is 4.74 Å². The molecule has 0 saturated heterocycles. The van der Waals surface area contributed by atoms with Gasteiger partial charge in [-0.15, -0.1) is 0 Å². The molecule has 0 fully saturated rings. The number of hydrogen-bond donors (Lipinski definition) is 2. The number of halogens is 2. The third-order valence-electron chi connectivity index (χ3n) is 3.67. The summed E-state index contributed by atoms with van der Waals surface area (Å²) in [6.07, 6.45) is 1.24. The maximum atomic E-state index is 13.3. The zero-order valence-corrected chi connectivity index (χ0v) is 12.2. The van der Waals surface area contributed by atoms with Gasteiger partial charge in [-0.25, -0.2) is 8.78 Å². The summed E-state index contributed by atoms with van der Waals surface area (Å²) in [4.78, 5) is 0. The van der Waals surface area contributed by atoms with Crippen molar-refractivity contribution in [3.05, 3.63) is 35.4 Å². The van der Waals surface area contributed by atoms with E-state index in [2.05, 4.69) is 5.32 Å². The summed E-state index contributed by atoms with van der Waals surface area (Å²) in [6.45, 7) is 4.50. The Balaban J connectivity index is 2.80. The van der Waals surface area contributed by atoms with Crippen LogP contribution < -0.4 is 5.32 Å². The van der Waals surface area contributed by atoms with E-state index in [1.54, 1.807) is 7.11 Å². The normalized spacial score (nSPS) is 13.5. The summed E-state index contributed by atoms with van der Waals surface area (Å²) in [5.41, 5.74) is -0.204. The van der Waals surface area contributed by atoms with Crippen LogP contribution in [0, 0.1) is 11.6 Å². The summed E-state index contributed by atoms with van der Waals surface area (Å²) in [5.74, 6) is -1.75. The first kappa shape index (κ1) is 17.0. The highest BCUT2D eigenvalue weighted by Crippen LogP contribution is 2.19. The van der Waals surface area contributed by atoms with E-state index in [1.807, 2.05) is 13.8 Å². The molecule has 1 aromatic rings. The maximum Gasteiger partial charge on any atom is 0.159 e. The molecule has 5 heteroatoms. The molecule has 1 rings (SSSR count). The second-order valence-electron chi connectivity index (χ2n) is 4.99. The van der Waals surface area contributed by atoms with Crippen molar-refractivity contribution in [1.82, 2.24) is 5.32 Å². The Morgan fingerprint density at radius 1 is 1.25 bits per heavy atom. The van der Waals surface area contributed by atoms with E-state index in [4.69, 9.17) is 4.74 Å². The van der Waals surface area contributed by atoms with Crippen LogP contribution in [0.25, 0.3) is 0 Å². The highest BCUT2D eigenvalue weighted by Gasteiger charge is 2.24. The van der Waals surface area contributed by atoms with Crippen LogP contribution in [-0.4, -0.2) is 31.0 Å². The average molecular weight is 287 g/mol. The molecule has 1 aromatic carbocycles. The van der Waals surface area contributed by atoms with Gasteiger partial charge < -0.3 is 15.2 Å². The number of hydrogen-bond acceptors (Lipinski definition) is 3. The Morgan fingerprint density at radius 3 is 2.40 bits per heavy atom. The molecule has 0 bridgehead atoms. The third-order valence-corrected chi connectivity index (χ3v) is 3.67. The number of rotatable bonds is 8. The van der Waals surface area contributed by atoms with Gasteiger partial charge in [-0.1, -0.05) is 19.9 Å². The lowest BCUT2D eigenvalue weighted by Crippen LogP contribution is -2.42. The smallest absolute Gasteiger partial charge is 0.159 e. The van der Waals surface area contributed by atoms with Crippen molar-refractivity contribution >= 4 is 0 Å². The molecule has 1 unspecified atom stereocenters.